The number of hydrogen-bond acceptors (Lipinski definition) is 6. The first-order valence-electron chi connectivity index (χ1n) is 3.85. The smallest absolute Gasteiger partial charge is 0.258 e. The van der Waals surface area contributed by atoms with Crippen molar-refractivity contribution in [3.05, 3.63) is 34.4 Å². The molecule has 1 aliphatic heterocycles. The quantitative estimate of drug-likeness (QED) is 0.523. The van der Waals surface area contributed by atoms with Gasteiger partial charge in [0.15, 0.2) is 0 Å². The monoisotopic (exact) mass is 193 g/mol. The Morgan fingerprint density at radius 3 is 2.57 bits per heavy atom. The second-order valence-corrected chi connectivity index (χ2v) is 2.61. The maximum absolute atomic E-state index is 10.4. The molecule has 72 valence electrons. The number of benzene rings is 1. The summed E-state index contributed by atoms with van der Waals surface area (Å²) in [6, 6.07) is 6.13. The van der Waals surface area contributed by atoms with Gasteiger partial charge in [0.2, 0.25) is 0 Å². The van der Waals surface area contributed by atoms with E-state index >= 15 is 0 Å². The standard InChI is InChI=1S/C7H7N5O2/c13-12(14)7-3-1-6(2-4-7)11-5-8-9-10-11/h1-5,9-10H. The normalized spacial score (nSPS) is 14.1. The molecule has 1 aromatic rings. The van der Waals surface area contributed by atoms with Gasteiger partial charge in [0.25, 0.3) is 5.69 Å². The van der Waals surface area contributed by atoms with Crippen molar-refractivity contribution in [2.45, 2.75) is 0 Å². The molecule has 0 atom stereocenters. The van der Waals surface area contributed by atoms with Crippen molar-refractivity contribution >= 4 is 17.7 Å². The molecule has 0 fully saturated rings. The lowest BCUT2D eigenvalue weighted by Crippen LogP contribution is -2.37. The molecule has 0 radical (unpaired) electrons. The summed E-state index contributed by atoms with van der Waals surface area (Å²) < 4.78 is 0. The Hall–Kier alpha value is -2.15. The van der Waals surface area contributed by atoms with E-state index in [2.05, 4.69) is 16.2 Å². The van der Waals surface area contributed by atoms with Crippen molar-refractivity contribution in [2.24, 2.45) is 5.10 Å². The summed E-state index contributed by atoms with van der Waals surface area (Å²) in [5, 5.41) is 15.7. The maximum atomic E-state index is 10.4. The number of nitro groups is 1. The minimum Gasteiger partial charge on any atom is -0.258 e. The van der Waals surface area contributed by atoms with Gasteiger partial charge in [-0.25, -0.2) is 10.5 Å². The fourth-order valence-electron chi connectivity index (χ4n) is 1.06. The Bertz CT molecular complexity index is 374. The van der Waals surface area contributed by atoms with E-state index in [9.17, 15) is 10.1 Å². The summed E-state index contributed by atoms with van der Waals surface area (Å²) >= 11 is 0. The van der Waals surface area contributed by atoms with Gasteiger partial charge in [-0.2, -0.15) is 5.10 Å². The number of nitrogens with zero attached hydrogens (tertiary/aromatic N) is 3. The van der Waals surface area contributed by atoms with E-state index in [0.717, 1.165) is 5.69 Å². The molecule has 0 unspecified atom stereocenters. The molecule has 0 amide bonds. The molecule has 0 aliphatic carbocycles. The van der Waals surface area contributed by atoms with E-state index in [1.165, 1.54) is 18.5 Å². The highest BCUT2D eigenvalue weighted by Gasteiger charge is 2.09. The number of anilines is 1. The number of hydrazone groups is 1. The number of non-ortho nitro benzene ring substituents is 1. The van der Waals surface area contributed by atoms with E-state index in [4.69, 9.17) is 0 Å². The van der Waals surface area contributed by atoms with Gasteiger partial charge in [-0.15, -0.1) is 5.53 Å². The van der Waals surface area contributed by atoms with Gasteiger partial charge in [-0.1, -0.05) is 0 Å². The van der Waals surface area contributed by atoms with Gasteiger partial charge in [0.05, 0.1) is 10.6 Å². The Morgan fingerprint density at radius 1 is 1.36 bits per heavy atom. The summed E-state index contributed by atoms with van der Waals surface area (Å²) in [5.41, 5.74) is 6.07. The lowest BCUT2D eigenvalue weighted by atomic mass is 10.3. The zero-order valence-electron chi connectivity index (χ0n) is 7.04. The van der Waals surface area contributed by atoms with Crippen LogP contribution in [0.2, 0.25) is 0 Å². The van der Waals surface area contributed by atoms with Crippen LogP contribution in [0, 0.1) is 10.1 Å². The lowest BCUT2D eigenvalue weighted by molar-refractivity contribution is -0.384. The highest BCUT2D eigenvalue weighted by Crippen LogP contribution is 2.17. The van der Waals surface area contributed by atoms with E-state index in [1.807, 2.05) is 0 Å². The van der Waals surface area contributed by atoms with Crippen LogP contribution >= 0.6 is 0 Å². The van der Waals surface area contributed by atoms with Crippen LogP contribution in [0.4, 0.5) is 11.4 Å². The Kier molecular flexibility index (Phi) is 1.99. The molecule has 1 aliphatic rings. The number of hydrogen-bond donors (Lipinski definition) is 2. The molecule has 0 bridgehead atoms. The minimum absolute atomic E-state index is 0.0674. The third kappa shape index (κ3) is 1.48. The van der Waals surface area contributed by atoms with Crippen LogP contribution in [0.3, 0.4) is 0 Å². The molecular formula is C7H7N5O2. The summed E-state index contributed by atoms with van der Waals surface area (Å²) in [4.78, 5) is 9.93. The summed E-state index contributed by atoms with van der Waals surface area (Å²) in [7, 11) is 0. The lowest BCUT2D eigenvalue weighted by Gasteiger charge is -2.12. The first-order chi connectivity index (χ1) is 6.77. The molecule has 0 saturated carbocycles. The Balaban J connectivity index is 2.21. The van der Waals surface area contributed by atoms with Gasteiger partial charge in [-0.05, 0) is 12.1 Å². The number of nitro benzene ring substituents is 1. The van der Waals surface area contributed by atoms with Gasteiger partial charge in [0.1, 0.15) is 6.34 Å². The van der Waals surface area contributed by atoms with Crippen molar-refractivity contribution < 1.29 is 4.92 Å². The van der Waals surface area contributed by atoms with Crippen LogP contribution in [0.15, 0.2) is 29.4 Å². The van der Waals surface area contributed by atoms with Crippen LogP contribution in [0.5, 0.6) is 0 Å². The van der Waals surface area contributed by atoms with Crippen molar-refractivity contribution in [3.8, 4) is 0 Å². The largest absolute Gasteiger partial charge is 0.269 e. The predicted octanol–water partition coefficient (Wildman–Crippen LogP) is 0.367. The second-order valence-electron chi connectivity index (χ2n) is 2.61. The Labute approximate surface area is 79.1 Å². The maximum Gasteiger partial charge on any atom is 0.269 e. The third-order valence-corrected chi connectivity index (χ3v) is 1.75. The van der Waals surface area contributed by atoms with Crippen molar-refractivity contribution in [1.29, 1.82) is 0 Å². The van der Waals surface area contributed by atoms with Crippen molar-refractivity contribution in [3.63, 3.8) is 0 Å². The first-order valence-corrected chi connectivity index (χ1v) is 3.85. The van der Waals surface area contributed by atoms with Gasteiger partial charge >= 0.3 is 0 Å². The van der Waals surface area contributed by atoms with E-state index in [0.29, 0.717) is 0 Å². The third-order valence-electron chi connectivity index (χ3n) is 1.75. The van der Waals surface area contributed by atoms with Crippen LogP contribution in [0.25, 0.3) is 0 Å². The highest BCUT2D eigenvalue weighted by molar-refractivity contribution is 5.78. The van der Waals surface area contributed by atoms with Crippen LogP contribution in [-0.4, -0.2) is 11.3 Å². The topological polar surface area (TPSA) is 82.8 Å². The zero-order chi connectivity index (χ0) is 9.97. The molecule has 0 saturated heterocycles. The molecular weight excluding hydrogens is 186 g/mol. The molecule has 14 heavy (non-hydrogen) atoms. The second kappa shape index (κ2) is 3.30. The van der Waals surface area contributed by atoms with Crippen molar-refractivity contribution in [1.82, 2.24) is 11.1 Å². The number of hydrazine groups is 2. The molecule has 1 aromatic carbocycles. The summed E-state index contributed by atoms with van der Waals surface area (Å²) in [5.74, 6) is 0. The molecule has 0 spiro atoms. The molecule has 7 nitrogen and oxygen atoms in total. The van der Waals surface area contributed by atoms with Crippen molar-refractivity contribution in [2.75, 3.05) is 5.01 Å². The van der Waals surface area contributed by atoms with Crippen LogP contribution < -0.4 is 16.1 Å². The molecule has 2 rings (SSSR count). The molecule has 1 heterocycles. The highest BCUT2D eigenvalue weighted by atomic mass is 16.6. The first kappa shape index (κ1) is 8.45. The van der Waals surface area contributed by atoms with Crippen LogP contribution in [0.1, 0.15) is 0 Å². The SMILES string of the molecule is O=[N+]([O-])c1ccc(N2C=NNN2)cc1. The van der Waals surface area contributed by atoms with E-state index < -0.39 is 4.92 Å². The Morgan fingerprint density at radius 2 is 2.07 bits per heavy atom. The number of rotatable bonds is 2. The fourth-order valence-corrected chi connectivity index (χ4v) is 1.06. The summed E-state index contributed by atoms with van der Waals surface area (Å²) in [6.45, 7) is 0. The predicted molar refractivity (Wildman–Crippen MR) is 50.3 cm³/mol. The number of nitrogens with one attached hydrogen (secondary N) is 2. The summed E-state index contributed by atoms with van der Waals surface area (Å²) in [6.07, 6.45) is 1.53. The van der Waals surface area contributed by atoms with Gasteiger partial charge in [-0.3, -0.25) is 10.1 Å². The molecule has 0 aromatic heterocycles. The van der Waals surface area contributed by atoms with E-state index in [1.54, 1.807) is 17.1 Å². The average Bonchev–Trinajstić information content (AvgIpc) is 2.71. The molecule has 7 heteroatoms. The van der Waals surface area contributed by atoms with Gasteiger partial charge < -0.3 is 0 Å². The van der Waals surface area contributed by atoms with Crippen LogP contribution in [-0.2, 0) is 0 Å². The minimum atomic E-state index is -0.437. The zero-order valence-corrected chi connectivity index (χ0v) is 7.04. The molecule has 2 N–H and O–H groups in total. The van der Waals surface area contributed by atoms with Gasteiger partial charge in [0, 0.05) is 12.1 Å². The van der Waals surface area contributed by atoms with E-state index in [-0.39, 0.29) is 5.69 Å². The average molecular weight is 193 g/mol. The fraction of sp³-hybridized carbons (Fsp3) is 0.